The molecule has 0 radical (unpaired) electrons. The van der Waals surface area contributed by atoms with Gasteiger partial charge in [0.25, 0.3) is 5.91 Å². The molecular formula is C20H23BrN2O5S. The Bertz CT molecular complexity index is 957. The van der Waals surface area contributed by atoms with Gasteiger partial charge in [0.2, 0.25) is 10.0 Å². The summed E-state index contributed by atoms with van der Waals surface area (Å²) in [4.78, 5) is 12.8. The zero-order valence-electron chi connectivity index (χ0n) is 16.0. The molecule has 1 saturated heterocycles. The second-order valence-corrected chi connectivity index (χ2v) is 9.22. The Morgan fingerprint density at radius 3 is 2.66 bits per heavy atom. The molecule has 1 aliphatic rings. The molecule has 9 heteroatoms. The number of carbonyl (C=O) groups excluding carboxylic acids is 1. The van der Waals surface area contributed by atoms with Crippen LogP contribution in [0.15, 0.2) is 51.8 Å². The maximum atomic E-state index is 12.6. The van der Waals surface area contributed by atoms with Crippen LogP contribution in [-0.2, 0) is 14.8 Å². The normalized spacial score (nSPS) is 16.6. The maximum absolute atomic E-state index is 12.6. The number of sulfonamides is 1. The van der Waals surface area contributed by atoms with E-state index in [-0.39, 0.29) is 23.5 Å². The first-order valence-corrected chi connectivity index (χ1v) is 11.6. The molecule has 156 valence electrons. The average Bonchev–Trinajstić information content (AvgIpc) is 3.22. The van der Waals surface area contributed by atoms with E-state index in [1.165, 1.54) is 12.1 Å². The van der Waals surface area contributed by atoms with Crippen LogP contribution in [0.5, 0.6) is 5.75 Å². The van der Waals surface area contributed by atoms with E-state index in [4.69, 9.17) is 9.47 Å². The molecule has 0 aliphatic carbocycles. The highest BCUT2D eigenvalue weighted by molar-refractivity contribution is 9.10. The maximum Gasteiger partial charge on any atom is 0.259 e. The molecule has 1 aliphatic heterocycles. The third-order valence-electron chi connectivity index (χ3n) is 4.43. The molecule has 2 aromatic rings. The van der Waals surface area contributed by atoms with Crippen molar-refractivity contribution in [2.75, 3.05) is 25.1 Å². The number of ether oxygens (including phenoxy) is 2. The molecule has 1 amide bonds. The monoisotopic (exact) mass is 482 g/mol. The Morgan fingerprint density at radius 2 is 2.00 bits per heavy atom. The molecule has 2 N–H and O–H groups in total. The number of rotatable bonds is 8. The van der Waals surface area contributed by atoms with Gasteiger partial charge in [-0.05, 0) is 62.2 Å². The topological polar surface area (TPSA) is 93.7 Å². The van der Waals surface area contributed by atoms with Gasteiger partial charge in [0.15, 0.2) is 0 Å². The number of anilines is 1. The van der Waals surface area contributed by atoms with Gasteiger partial charge in [0, 0.05) is 23.3 Å². The van der Waals surface area contributed by atoms with Gasteiger partial charge in [0.05, 0.1) is 23.2 Å². The Kier molecular flexibility index (Phi) is 7.28. The lowest BCUT2D eigenvalue weighted by Gasteiger charge is -2.13. The molecular weight excluding hydrogens is 460 g/mol. The number of carbonyl (C=O) groups is 1. The summed E-state index contributed by atoms with van der Waals surface area (Å²) < 4.78 is 39.1. The molecule has 0 aromatic heterocycles. The predicted octanol–water partition coefficient (Wildman–Crippen LogP) is 3.56. The molecule has 29 heavy (non-hydrogen) atoms. The first kappa shape index (κ1) is 21.8. The van der Waals surface area contributed by atoms with E-state index in [0.717, 1.165) is 17.3 Å². The van der Waals surface area contributed by atoms with Crippen LogP contribution in [0.25, 0.3) is 0 Å². The highest BCUT2D eigenvalue weighted by Crippen LogP contribution is 2.25. The van der Waals surface area contributed by atoms with Crippen molar-refractivity contribution in [3.8, 4) is 5.75 Å². The van der Waals surface area contributed by atoms with Crippen molar-refractivity contribution in [2.45, 2.75) is 30.8 Å². The summed E-state index contributed by atoms with van der Waals surface area (Å²) in [6.07, 6.45) is 1.73. The number of halogens is 1. The Labute approximate surface area is 179 Å². The molecule has 1 fully saturated rings. The van der Waals surface area contributed by atoms with Crippen molar-refractivity contribution in [2.24, 2.45) is 0 Å². The second-order valence-electron chi connectivity index (χ2n) is 6.54. The van der Waals surface area contributed by atoms with Gasteiger partial charge < -0.3 is 14.8 Å². The third-order valence-corrected chi connectivity index (χ3v) is 6.37. The molecule has 1 atom stereocenters. The van der Waals surface area contributed by atoms with Crippen LogP contribution in [0.4, 0.5) is 5.69 Å². The van der Waals surface area contributed by atoms with E-state index in [0.29, 0.717) is 30.2 Å². The fourth-order valence-electron chi connectivity index (χ4n) is 2.97. The number of hydrogen-bond donors (Lipinski definition) is 2. The van der Waals surface area contributed by atoms with E-state index in [9.17, 15) is 13.2 Å². The standard InChI is InChI=1S/C20H23BrN2O5S/c1-2-27-19-10-5-14(21)12-18(19)20(24)23-15-6-8-17(9-7-15)29(25,26)22-13-16-4-3-11-28-16/h5-10,12,16,22H,2-4,11,13H2,1H3,(H,23,24). The number of benzene rings is 2. The lowest BCUT2D eigenvalue weighted by atomic mass is 10.2. The van der Waals surface area contributed by atoms with Crippen LogP contribution in [-0.4, -0.2) is 40.2 Å². The van der Waals surface area contributed by atoms with E-state index in [1.807, 2.05) is 6.92 Å². The van der Waals surface area contributed by atoms with Gasteiger partial charge in [0.1, 0.15) is 5.75 Å². The van der Waals surface area contributed by atoms with Gasteiger partial charge in [-0.25, -0.2) is 13.1 Å². The summed E-state index contributed by atoms with van der Waals surface area (Å²) >= 11 is 3.35. The summed E-state index contributed by atoms with van der Waals surface area (Å²) in [5, 5.41) is 2.76. The van der Waals surface area contributed by atoms with Crippen LogP contribution in [0.2, 0.25) is 0 Å². The molecule has 0 spiro atoms. The van der Waals surface area contributed by atoms with Crippen LogP contribution in [0, 0.1) is 0 Å². The SMILES string of the molecule is CCOc1ccc(Br)cc1C(=O)Nc1ccc(S(=O)(=O)NCC2CCCO2)cc1. The Balaban J connectivity index is 1.67. The van der Waals surface area contributed by atoms with E-state index in [2.05, 4.69) is 26.0 Å². The van der Waals surface area contributed by atoms with Crippen molar-refractivity contribution < 1.29 is 22.7 Å². The zero-order valence-corrected chi connectivity index (χ0v) is 18.4. The molecule has 3 rings (SSSR count). The minimum atomic E-state index is -3.63. The predicted molar refractivity (Wildman–Crippen MR) is 114 cm³/mol. The van der Waals surface area contributed by atoms with Gasteiger partial charge >= 0.3 is 0 Å². The van der Waals surface area contributed by atoms with E-state index < -0.39 is 10.0 Å². The third kappa shape index (κ3) is 5.79. The first-order chi connectivity index (χ1) is 13.9. The second kappa shape index (κ2) is 9.71. The minimum absolute atomic E-state index is 0.0759. The molecule has 0 bridgehead atoms. The lowest BCUT2D eigenvalue weighted by molar-refractivity contribution is 0.102. The summed E-state index contributed by atoms with van der Waals surface area (Å²) in [5.74, 6) is 0.132. The van der Waals surface area contributed by atoms with Crippen LogP contribution in [0.1, 0.15) is 30.1 Å². The fourth-order valence-corrected chi connectivity index (χ4v) is 4.40. The van der Waals surface area contributed by atoms with Gasteiger partial charge in [-0.2, -0.15) is 0 Å². The first-order valence-electron chi connectivity index (χ1n) is 9.34. The van der Waals surface area contributed by atoms with Gasteiger partial charge in [-0.1, -0.05) is 15.9 Å². The fraction of sp³-hybridized carbons (Fsp3) is 0.350. The number of nitrogens with one attached hydrogen (secondary N) is 2. The molecule has 2 aromatic carbocycles. The summed E-state index contributed by atoms with van der Waals surface area (Å²) in [5.41, 5.74) is 0.867. The number of amides is 1. The largest absolute Gasteiger partial charge is 0.493 e. The van der Waals surface area contributed by atoms with Crippen molar-refractivity contribution in [1.82, 2.24) is 4.72 Å². The molecule has 1 unspecified atom stereocenters. The van der Waals surface area contributed by atoms with Gasteiger partial charge in [-0.3, -0.25) is 4.79 Å². The van der Waals surface area contributed by atoms with Crippen molar-refractivity contribution in [3.63, 3.8) is 0 Å². The molecule has 7 nitrogen and oxygen atoms in total. The zero-order chi connectivity index (χ0) is 20.9. The summed E-state index contributed by atoms with van der Waals surface area (Å²) in [6.45, 7) is 3.21. The molecule has 0 saturated carbocycles. The van der Waals surface area contributed by atoms with Crippen LogP contribution < -0.4 is 14.8 Å². The Hall–Kier alpha value is -1.94. The smallest absolute Gasteiger partial charge is 0.259 e. The van der Waals surface area contributed by atoms with Crippen molar-refractivity contribution in [3.05, 3.63) is 52.5 Å². The van der Waals surface area contributed by atoms with E-state index in [1.54, 1.807) is 30.3 Å². The number of hydrogen-bond acceptors (Lipinski definition) is 5. The van der Waals surface area contributed by atoms with Crippen molar-refractivity contribution in [1.29, 1.82) is 0 Å². The van der Waals surface area contributed by atoms with Gasteiger partial charge in [-0.15, -0.1) is 0 Å². The quantitative estimate of drug-likeness (QED) is 0.599. The van der Waals surface area contributed by atoms with E-state index >= 15 is 0 Å². The summed E-state index contributed by atoms with van der Waals surface area (Å²) in [7, 11) is -3.63. The highest BCUT2D eigenvalue weighted by Gasteiger charge is 2.20. The molecule has 1 heterocycles. The average molecular weight is 483 g/mol. The van der Waals surface area contributed by atoms with Crippen LogP contribution in [0.3, 0.4) is 0 Å². The Morgan fingerprint density at radius 1 is 1.24 bits per heavy atom. The lowest BCUT2D eigenvalue weighted by Crippen LogP contribution is -2.31. The van der Waals surface area contributed by atoms with Crippen molar-refractivity contribution >= 4 is 37.5 Å². The summed E-state index contributed by atoms with van der Waals surface area (Å²) in [6, 6.07) is 11.2. The minimum Gasteiger partial charge on any atom is -0.493 e. The van der Waals surface area contributed by atoms with Crippen LogP contribution >= 0.6 is 15.9 Å². The highest BCUT2D eigenvalue weighted by atomic mass is 79.9.